The molecule has 0 saturated heterocycles. The van der Waals surface area contributed by atoms with Gasteiger partial charge in [0.15, 0.2) is 0 Å². The van der Waals surface area contributed by atoms with Gasteiger partial charge in [0.1, 0.15) is 0 Å². The van der Waals surface area contributed by atoms with E-state index in [-0.39, 0.29) is 0 Å². The monoisotopic (exact) mass is 174 g/mol. The molecule has 0 heterocycles. The Bertz CT molecular complexity index is 226. The second kappa shape index (κ2) is 3.55. The van der Waals surface area contributed by atoms with E-state index in [4.69, 9.17) is 11.2 Å². The summed E-state index contributed by atoms with van der Waals surface area (Å²) in [5.41, 5.74) is 0.776. The average molecular weight is 175 g/mol. The maximum absolute atomic E-state index is 10.4. The van der Waals surface area contributed by atoms with E-state index < -0.39 is 7.30 Å². The minimum Gasteiger partial charge on any atom is -0.163 e. The van der Waals surface area contributed by atoms with Crippen LogP contribution in [0.4, 0.5) is 5.69 Å². The molecule has 0 aliphatic carbocycles. The van der Waals surface area contributed by atoms with Crippen LogP contribution in [0.3, 0.4) is 0 Å². The highest BCUT2D eigenvalue weighted by Crippen LogP contribution is 2.27. The van der Waals surface area contributed by atoms with Crippen molar-refractivity contribution in [2.75, 3.05) is 5.09 Å². The highest BCUT2D eigenvalue weighted by Gasteiger charge is 2.08. The molecule has 2 nitrogen and oxygen atoms in total. The maximum Gasteiger partial charge on any atom is 0.582 e. The van der Waals surface area contributed by atoms with Crippen molar-refractivity contribution in [1.29, 1.82) is 0 Å². The highest BCUT2D eigenvalue weighted by molar-refractivity contribution is 7.74. The molecule has 0 aliphatic heterocycles. The molecule has 1 atom stereocenters. The zero-order valence-corrected chi connectivity index (χ0v) is 6.77. The predicted molar refractivity (Wildman–Crippen MR) is 43.5 cm³/mol. The van der Waals surface area contributed by atoms with Crippen LogP contribution in [-0.2, 0) is 4.57 Å². The van der Waals surface area contributed by atoms with Crippen LogP contribution in [0.2, 0.25) is 0 Å². The third-order valence-electron chi connectivity index (χ3n) is 0.991. The quantitative estimate of drug-likeness (QED) is 0.699. The van der Waals surface area contributed by atoms with Gasteiger partial charge in [-0.25, -0.2) is 0 Å². The van der Waals surface area contributed by atoms with E-state index in [1.165, 1.54) is 0 Å². The molecule has 0 bridgehead atoms. The molecule has 10 heavy (non-hydrogen) atoms. The van der Waals surface area contributed by atoms with E-state index >= 15 is 0 Å². The summed E-state index contributed by atoms with van der Waals surface area (Å²) in [6, 6.07) is 9.17. The molecule has 1 N–H and O–H groups in total. The zero-order valence-electron chi connectivity index (χ0n) is 5.12. The van der Waals surface area contributed by atoms with Crippen molar-refractivity contribution in [3.8, 4) is 0 Å². The van der Waals surface area contributed by atoms with E-state index in [1.54, 1.807) is 12.1 Å². The molecule has 0 spiro atoms. The Morgan fingerprint density at radius 3 is 2.40 bits per heavy atom. The van der Waals surface area contributed by atoms with Crippen LogP contribution in [0.1, 0.15) is 0 Å². The van der Waals surface area contributed by atoms with Crippen LogP contribution in [-0.4, -0.2) is 0 Å². The first-order valence-electron chi connectivity index (χ1n) is 2.74. The van der Waals surface area contributed by atoms with Gasteiger partial charge in [-0.2, -0.15) is 5.09 Å². The van der Waals surface area contributed by atoms with Gasteiger partial charge in [-0.3, -0.25) is 0 Å². The first-order chi connectivity index (χ1) is 4.79. The molecule has 0 aromatic heterocycles. The van der Waals surface area contributed by atoms with Gasteiger partial charge in [0.05, 0.1) is 5.69 Å². The van der Waals surface area contributed by atoms with E-state index in [2.05, 4.69) is 5.09 Å². The van der Waals surface area contributed by atoms with Gasteiger partial charge < -0.3 is 0 Å². The molecule has 1 rings (SSSR count). The van der Waals surface area contributed by atoms with E-state index in [0.29, 0.717) is 0 Å². The van der Waals surface area contributed by atoms with Crippen molar-refractivity contribution in [3.05, 3.63) is 30.3 Å². The van der Waals surface area contributed by atoms with Crippen LogP contribution >= 0.6 is 18.5 Å². The molecule has 0 radical (unpaired) electrons. The summed E-state index contributed by atoms with van der Waals surface area (Å²) in [6.45, 7) is 0. The summed E-state index contributed by atoms with van der Waals surface area (Å²) in [5, 5.41) is 2.58. The molecule has 0 saturated carbocycles. The molecule has 0 fully saturated rings. The van der Waals surface area contributed by atoms with Crippen LogP contribution in [0.5, 0.6) is 0 Å². The van der Waals surface area contributed by atoms with E-state index in [1.807, 2.05) is 18.2 Å². The largest absolute Gasteiger partial charge is 0.582 e. The maximum atomic E-state index is 10.4. The lowest BCUT2D eigenvalue weighted by atomic mass is 10.3. The summed E-state index contributed by atoms with van der Waals surface area (Å²) in [5.74, 6) is 0. The number of nitrogens with one attached hydrogen (secondary N) is 1. The van der Waals surface area contributed by atoms with Crippen molar-refractivity contribution >= 4 is 24.2 Å². The minimum absolute atomic E-state index is 0.776. The number of halogens is 1. The predicted octanol–water partition coefficient (Wildman–Crippen LogP) is 2.99. The van der Waals surface area contributed by atoms with Gasteiger partial charge in [0, 0.05) is 0 Å². The first-order valence-corrected chi connectivity index (χ1v) is 4.90. The Morgan fingerprint density at radius 2 is 1.90 bits per heavy atom. The molecule has 0 amide bonds. The van der Waals surface area contributed by atoms with E-state index in [9.17, 15) is 4.57 Å². The van der Waals surface area contributed by atoms with Gasteiger partial charge in [-0.1, -0.05) is 18.2 Å². The number of anilines is 1. The Balaban J connectivity index is 2.67. The second-order valence-corrected chi connectivity index (χ2v) is 3.36. The zero-order chi connectivity index (χ0) is 7.40. The van der Waals surface area contributed by atoms with Crippen molar-refractivity contribution in [2.45, 2.75) is 0 Å². The topological polar surface area (TPSA) is 29.1 Å². The lowest BCUT2D eigenvalue weighted by molar-refractivity contribution is 0.598. The normalized spacial score (nSPS) is 10.7. The van der Waals surface area contributed by atoms with Gasteiger partial charge in [-0.05, 0) is 16.7 Å². The molecule has 1 aromatic rings. The van der Waals surface area contributed by atoms with Crippen LogP contribution < -0.4 is 5.09 Å². The molecule has 52 valence electrons. The molecule has 0 aliphatic rings. The Hall–Kier alpha value is -0.590. The smallest absolute Gasteiger partial charge is 0.163 e. The minimum atomic E-state index is -1.80. The number of hydrogen-bond acceptors (Lipinski definition) is 1. The van der Waals surface area contributed by atoms with Gasteiger partial charge in [-0.15, -0.1) is 0 Å². The van der Waals surface area contributed by atoms with Gasteiger partial charge in [0.2, 0.25) is 11.2 Å². The van der Waals surface area contributed by atoms with Crippen molar-refractivity contribution < 1.29 is 4.57 Å². The SMILES string of the molecule is O=[P+](Cl)Nc1ccccc1. The molecular formula is C6H6ClNOP+. The summed E-state index contributed by atoms with van der Waals surface area (Å²) >= 11 is 5.21. The summed E-state index contributed by atoms with van der Waals surface area (Å²) < 4.78 is 10.4. The highest BCUT2D eigenvalue weighted by atomic mass is 35.7. The van der Waals surface area contributed by atoms with Crippen molar-refractivity contribution in [1.82, 2.24) is 0 Å². The van der Waals surface area contributed by atoms with Crippen molar-refractivity contribution in [3.63, 3.8) is 0 Å². The third-order valence-corrected chi connectivity index (χ3v) is 1.68. The lowest BCUT2D eigenvalue weighted by Crippen LogP contribution is -1.79. The number of rotatable bonds is 2. The number of hydrogen-bond donors (Lipinski definition) is 1. The average Bonchev–Trinajstić information content (AvgIpc) is 1.88. The number of benzene rings is 1. The van der Waals surface area contributed by atoms with E-state index in [0.717, 1.165) is 5.69 Å². The van der Waals surface area contributed by atoms with Crippen molar-refractivity contribution in [2.24, 2.45) is 0 Å². The fourth-order valence-corrected chi connectivity index (χ4v) is 1.26. The first kappa shape index (κ1) is 7.52. The standard InChI is InChI=1S/C6H6ClNOP/c7-10(9)8-6-4-2-1-3-5-6/h1-5H,(H,8,9)/q+1. The second-order valence-electron chi connectivity index (χ2n) is 1.72. The van der Waals surface area contributed by atoms with Gasteiger partial charge >= 0.3 is 7.30 Å². The third kappa shape index (κ3) is 2.34. The molecule has 1 unspecified atom stereocenters. The Kier molecular flexibility index (Phi) is 2.67. The Labute approximate surface area is 64.8 Å². The summed E-state index contributed by atoms with van der Waals surface area (Å²) in [4.78, 5) is 0. The van der Waals surface area contributed by atoms with Crippen LogP contribution in [0.15, 0.2) is 30.3 Å². The summed E-state index contributed by atoms with van der Waals surface area (Å²) in [6.07, 6.45) is 0. The summed E-state index contributed by atoms with van der Waals surface area (Å²) in [7, 11) is -1.80. The number of para-hydroxylation sites is 1. The van der Waals surface area contributed by atoms with Crippen LogP contribution in [0, 0.1) is 0 Å². The fraction of sp³-hybridized carbons (Fsp3) is 0. The van der Waals surface area contributed by atoms with Crippen LogP contribution in [0.25, 0.3) is 0 Å². The molecule has 4 heteroatoms. The van der Waals surface area contributed by atoms with Gasteiger partial charge in [0.25, 0.3) is 0 Å². The molecule has 1 aromatic carbocycles. The Morgan fingerprint density at radius 1 is 1.30 bits per heavy atom. The fourth-order valence-electron chi connectivity index (χ4n) is 0.614. The lowest BCUT2D eigenvalue weighted by Gasteiger charge is -1.88. The molecular weight excluding hydrogens is 168 g/mol.